The Balaban J connectivity index is 2.05. The highest BCUT2D eigenvalue weighted by molar-refractivity contribution is 5.35. The molecule has 0 saturated carbocycles. The molecule has 0 N–H and O–H groups in total. The molecule has 2 rings (SSSR count). The third-order valence-electron chi connectivity index (χ3n) is 2.43. The van der Waals surface area contributed by atoms with Crippen LogP contribution in [-0.4, -0.2) is 48.1 Å². The van der Waals surface area contributed by atoms with Gasteiger partial charge in [-0.2, -0.15) is 4.39 Å². The van der Waals surface area contributed by atoms with Crippen LogP contribution in [0.15, 0.2) is 12.4 Å². The zero-order valence-corrected chi connectivity index (χ0v) is 8.15. The van der Waals surface area contributed by atoms with Crippen LogP contribution in [0.1, 0.15) is 0 Å². The van der Waals surface area contributed by atoms with Crippen molar-refractivity contribution in [2.45, 2.75) is 0 Å². The van der Waals surface area contributed by atoms with Crippen molar-refractivity contribution in [3.63, 3.8) is 0 Å². The Kier molecular flexibility index (Phi) is 2.58. The smallest absolute Gasteiger partial charge is 0.231 e. The van der Waals surface area contributed by atoms with Gasteiger partial charge in [-0.25, -0.2) is 9.97 Å². The quantitative estimate of drug-likeness (QED) is 0.649. The van der Waals surface area contributed by atoms with Gasteiger partial charge < -0.3 is 9.80 Å². The Morgan fingerprint density at radius 3 is 2.43 bits per heavy atom. The van der Waals surface area contributed by atoms with E-state index in [4.69, 9.17) is 0 Å². The normalized spacial score (nSPS) is 18.6. The summed E-state index contributed by atoms with van der Waals surface area (Å²) in [5.74, 6) is 0.238. The van der Waals surface area contributed by atoms with Crippen LogP contribution in [0.3, 0.4) is 0 Å². The zero-order chi connectivity index (χ0) is 9.97. The lowest BCUT2D eigenvalue weighted by atomic mass is 10.3. The molecule has 0 spiro atoms. The van der Waals surface area contributed by atoms with Gasteiger partial charge in [-0.05, 0) is 7.05 Å². The molecule has 76 valence electrons. The molecule has 1 aliphatic heterocycles. The van der Waals surface area contributed by atoms with Gasteiger partial charge in [0.2, 0.25) is 5.95 Å². The highest BCUT2D eigenvalue weighted by Crippen LogP contribution is 2.10. The SMILES string of the molecule is CN1CCN(c2cnc(F)cn2)CC1. The maximum atomic E-state index is 12.5. The first-order valence-corrected chi connectivity index (χ1v) is 4.67. The lowest BCUT2D eigenvalue weighted by molar-refractivity contribution is 0.312. The molecule has 1 aliphatic rings. The van der Waals surface area contributed by atoms with Crippen LogP contribution in [0.25, 0.3) is 0 Å². The van der Waals surface area contributed by atoms with E-state index in [1.165, 1.54) is 6.20 Å². The minimum Gasteiger partial charge on any atom is -0.353 e. The van der Waals surface area contributed by atoms with E-state index >= 15 is 0 Å². The second-order valence-corrected chi connectivity index (χ2v) is 3.49. The lowest BCUT2D eigenvalue weighted by Crippen LogP contribution is -2.44. The molecule has 0 atom stereocenters. The number of likely N-dealkylation sites (N-methyl/N-ethyl adjacent to an activating group) is 1. The van der Waals surface area contributed by atoms with Crippen LogP contribution in [0.5, 0.6) is 0 Å². The summed E-state index contributed by atoms with van der Waals surface area (Å²) in [5, 5.41) is 0. The van der Waals surface area contributed by atoms with Gasteiger partial charge in [-0.15, -0.1) is 0 Å². The van der Waals surface area contributed by atoms with Crippen molar-refractivity contribution in [3.05, 3.63) is 18.3 Å². The first-order chi connectivity index (χ1) is 6.75. The fourth-order valence-corrected chi connectivity index (χ4v) is 1.50. The molecule has 2 heterocycles. The Labute approximate surface area is 82.4 Å². The summed E-state index contributed by atoms with van der Waals surface area (Å²) in [6.45, 7) is 3.88. The third kappa shape index (κ3) is 1.98. The topological polar surface area (TPSA) is 32.3 Å². The van der Waals surface area contributed by atoms with E-state index in [-0.39, 0.29) is 0 Å². The minimum atomic E-state index is -0.525. The van der Waals surface area contributed by atoms with E-state index in [2.05, 4.69) is 26.8 Å². The molecule has 1 aromatic rings. The van der Waals surface area contributed by atoms with Crippen molar-refractivity contribution in [3.8, 4) is 0 Å². The Bertz CT molecular complexity index is 292. The molecular weight excluding hydrogens is 183 g/mol. The number of nitrogens with zero attached hydrogens (tertiary/aromatic N) is 4. The molecule has 0 aliphatic carbocycles. The molecule has 0 amide bonds. The summed E-state index contributed by atoms with van der Waals surface area (Å²) in [5.41, 5.74) is 0. The second-order valence-electron chi connectivity index (χ2n) is 3.49. The van der Waals surface area contributed by atoms with Gasteiger partial charge in [0.25, 0.3) is 0 Å². The predicted molar refractivity (Wildman–Crippen MR) is 51.7 cm³/mol. The van der Waals surface area contributed by atoms with Crippen molar-refractivity contribution in [2.24, 2.45) is 0 Å². The summed E-state index contributed by atoms with van der Waals surface area (Å²) in [6, 6.07) is 0. The molecule has 0 aromatic carbocycles. The first-order valence-electron chi connectivity index (χ1n) is 4.67. The fraction of sp³-hybridized carbons (Fsp3) is 0.556. The number of halogens is 1. The minimum absolute atomic E-state index is 0.525. The van der Waals surface area contributed by atoms with Gasteiger partial charge in [0.1, 0.15) is 5.82 Å². The van der Waals surface area contributed by atoms with E-state index in [1.54, 1.807) is 0 Å². The first kappa shape index (κ1) is 9.33. The second kappa shape index (κ2) is 3.88. The monoisotopic (exact) mass is 196 g/mol. The largest absolute Gasteiger partial charge is 0.353 e. The van der Waals surface area contributed by atoms with Gasteiger partial charge in [0.15, 0.2) is 0 Å². The predicted octanol–water partition coefficient (Wildman–Crippen LogP) is 0.367. The summed E-state index contributed by atoms with van der Waals surface area (Å²) >= 11 is 0. The Morgan fingerprint density at radius 1 is 1.14 bits per heavy atom. The van der Waals surface area contributed by atoms with Crippen LogP contribution in [0, 0.1) is 5.95 Å². The van der Waals surface area contributed by atoms with Crippen molar-refractivity contribution >= 4 is 5.82 Å². The van der Waals surface area contributed by atoms with E-state index in [0.29, 0.717) is 0 Å². The van der Waals surface area contributed by atoms with E-state index in [9.17, 15) is 4.39 Å². The summed E-state index contributed by atoms with van der Waals surface area (Å²) in [6.07, 6.45) is 2.65. The van der Waals surface area contributed by atoms with Crippen LogP contribution in [0.4, 0.5) is 10.2 Å². The maximum Gasteiger partial charge on any atom is 0.231 e. The summed E-state index contributed by atoms with van der Waals surface area (Å²) < 4.78 is 12.5. The van der Waals surface area contributed by atoms with Gasteiger partial charge >= 0.3 is 0 Å². The number of hydrogen-bond acceptors (Lipinski definition) is 4. The van der Waals surface area contributed by atoms with E-state index in [0.717, 1.165) is 38.2 Å². The molecule has 1 saturated heterocycles. The van der Waals surface area contributed by atoms with Gasteiger partial charge in [-0.3, -0.25) is 0 Å². The Hall–Kier alpha value is -1.23. The molecule has 1 fully saturated rings. The number of aromatic nitrogens is 2. The number of anilines is 1. The number of rotatable bonds is 1. The zero-order valence-electron chi connectivity index (χ0n) is 8.15. The molecule has 0 unspecified atom stereocenters. The maximum absolute atomic E-state index is 12.5. The molecule has 1 aromatic heterocycles. The lowest BCUT2D eigenvalue weighted by Gasteiger charge is -2.32. The van der Waals surface area contributed by atoms with Crippen LogP contribution < -0.4 is 4.90 Å². The van der Waals surface area contributed by atoms with Crippen LogP contribution in [-0.2, 0) is 0 Å². The highest BCUT2D eigenvalue weighted by Gasteiger charge is 2.15. The van der Waals surface area contributed by atoms with Gasteiger partial charge in [-0.1, -0.05) is 0 Å². The number of hydrogen-bond donors (Lipinski definition) is 0. The molecular formula is C9H13FN4. The third-order valence-corrected chi connectivity index (χ3v) is 2.43. The van der Waals surface area contributed by atoms with Gasteiger partial charge in [0, 0.05) is 26.2 Å². The fourth-order valence-electron chi connectivity index (χ4n) is 1.50. The molecule has 14 heavy (non-hydrogen) atoms. The van der Waals surface area contributed by atoms with Gasteiger partial charge in [0.05, 0.1) is 12.4 Å². The summed E-state index contributed by atoms with van der Waals surface area (Å²) in [4.78, 5) is 12.0. The van der Waals surface area contributed by atoms with Crippen molar-refractivity contribution < 1.29 is 4.39 Å². The van der Waals surface area contributed by atoms with Crippen LogP contribution in [0.2, 0.25) is 0 Å². The van der Waals surface area contributed by atoms with E-state index < -0.39 is 5.95 Å². The number of piperazine rings is 1. The average molecular weight is 196 g/mol. The summed E-state index contributed by atoms with van der Waals surface area (Å²) in [7, 11) is 2.09. The van der Waals surface area contributed by atoms with Crippen LogP contribution >= 0.6 is 0 Å². The molecule has 4 nitrogen and oxygen atoms in total. The van der Waals surface area contributed by atoms with Crippen molar-refractivity contribution in [1.82, 2.24) is 14.9 Å². The Morgan fingerprint density at radius 2 is 1.86 bits per heavy atom. The average Bonchev–Trinajstić information content (AvgIpc) is 2.21. The van der Waals surface area contributed by atoms with Crippen molar-refractivity contribution in [1.29, 1.82) is 0 Å². The van der Waals surface area contributed by atoms with E-state index in [1.807, 2.05) is 0 Å². The molecule has 5 heteroatoms. The van der Waals surface area contributed by atoms with Crippen molar-refractivity contribution in [2.75, 3.05) is 38.1 Å². The standard InChI is InChI=1S/C9H13FN4/c1-13-2-4-14(5-3-13)9-7-11-8(10)6-12-9/h6-7H,2-5H2,1H3. The highest BCUT2D eigenvalue weighted by atomic mass is 19.1. The molecule has 0 radical (unpaired) electrons. The molecule has 0 bridgehead atoms.